The van der Waals surface area contributed by atoms with Crippen LogP contribution in [0.1, 0.15) is 72.0 Å². The van der Waals surface area contributed by atoms with Crippen LogP contribution >= 0.6 is 0 Å². The van der Waals surface area contributed by atoms with Crippen molar-refractivity contribution in [2.45, 2.75) is 65.0 Å². The average Bonchev–Trinajstić information content (AvgIpc) is 3.46. The third-order valence-electron chi connectivity index (χ3n) is 6.34. The number of nitrogens with zero attached hydrogens (tertiary/aromatic N) is 2. The summed E-state index contributed by atoms with van der Waals surface area (Å²) >= 11 is 0. The Labute approximate surface area is 177 Å². The summed E-state index contributed by atoms with van der Waals surface area (Å²) in [5, 5.41) is 2.79. The van der Waals surface area contributed by atoms with E-state index in [0.717, 1.165) is 47.5 Å². The number of Topliss-reactive ketones (excluding diaryl/α,β-unsaturated/α-hetero) is 1. The van der Waals surface area contributed by atoms with Crippen molar-refractivity contribution < 1.29 is 14.4 Å². The maximum atomic E-state index is 13.2. The van der Waals surface area contributed by atoms with Crippen LogP contribution in [0.4, 0.5) is 4.79 Å². The van der Waals surface area contributed by atoms with E-state index in [-0.39, 0.29) is 18.2 Å². The number of hydrogen-bond acceptors (Lipinski definition) is 3. The fourth-order valence-electron chi connectivity index (χ4n) is 4.51. The predicted octanol–water partition coefficient (Wildman–Crippen LogP) is 4.04. The summed E-state index contributed by atoms with van der Waals surface area (Å²) in [5.41, 5.74) is 3.32. The predicted molar refractivity (Wildman–Crippen MR) is 115 cm³/mol. The number of hydrogen-bond donors (Lipinski definition) is 1. The lowest BCUT2D eigenvalue weighted by Crippen LogP contribution is -2.41. The molecular formula is C24H29N3O3. The Morgan fingerprint density at radius 3 is 2.43 bits per heavy atom. The van der Waals surface area contributed by atoms with Gasteiger partial charge in [0.2, 0.25) is 0 Å². The Hall–Kier alpha value is -2.89. The highest BCUT2D eigenvalue weighted by molar-refractivity contribution is 6.11. The van der Waals surface area contributed by atoms with Gasteiger partial charge in [-0.15, -0.1) is 0 Å². The second kappa shape index (κ2) is 7.42. The molecule has 3 amide bonds. The van der Waals surface area contributed by atoms with Crippen molar-refractivity contribution in [3.63, 3.8) is 0 Å². The SMILES string of the molecule is CCCc1ccc([C@@]2(C)NC(=O)N(CC(=O)c3cc(C)n(C4CC4)c3C)C2=O)cc1. The third-order valence-corrected chi connectivity index (χ3v) is 6.34. The minimum Gasteiger partial charge on any atom is -0.345 e. The van der Waals surface area contributed by atoms with E-state index in [1.807, 2.05) is 44.2 Å². The van der Waals surface area contributed by atoms with E-state index < -0.39 is 11.6 Å². The lowest BCUT2D eigenvalue weighted by molar-refractivity contribution is -0.130. The lowest BCUT2D eigenvalue weighted by atomic mass is 9.91. The summed E-state index contributed by atoms with van der Waals surface area (Å²) in [7, 11) is 0. The van der Waals surface area contributed by atoms with Crippen LogP contribution in [0.15, 0.2) is 30.3 Å². The molecule has 6 heteroatoms. The molecule has 4 rings (SSSR count). The first kappa shape index (κ1) is 20.4. The number of benzene rings is 1. The van der Waals surface area contributed by atoms with Gasteiger partial charge in [-0.3, -0.25) is 14.5 Å². The maximum Gasteiger partial charge on any atom is 0.325 e. The zero-order valence-corrected chi connectivity index (χ0v) is 18.1. The van der Waals surface area contributed by atoms with E-state index in [9.17, 15) is 14.4 Å². The fraction of sp³-hybridized carbons (Fsp3) is 0.458. The van der Waals surface area contributed by atoms with E-state index in [2.05, 4.69) is 16.8 Å². The molecule has 0 bridgehead atoms. The summed E-state index contributed by atoms with van der Waals surface area (Å²) in [6, 6.07) is 9.58. The molecule has 0 unspecified atom stereocenters. The van der Waals surface area contributed by atoms with Crippen molar-refractivity contribution in [2.75, 3.05) is 6.54 Å². The Bertz CT molecular complexity index is 1020. The standard InChI is InChI=1S/C24H29N3O3/c1-5-6-17-7-9-18(10-8-17)24(4)22(29)26(23(30)25-24)14-21(28)20-13-15(2)27(16(20)3)19-11-12-19/h7-10,13,19H,5-6,11-12,14H2,1-4H3,(H,25,30)/t24-/m1/s1. The highest BCUT2D eigenvalue weighted by Crippen LogP contribution is 2.38. The number of amides is 3. The van der Waals surface area contributed by atoms with Crippen LogP contribution in [0.2, 0.25) is 0 Å². The molecule has 0 radical (unpaired) electrons. The van der Waals surface area contributed by atoms with Crippen LogP contribution < -0.4 is 5.32 Å². The molecule has 1 atom stereocenters. The number of urea groups is 1. The molecule has 1 aliphatic heterocycles. The van der Waals surface area contributed by atoms with Crippen LogP contribution in [0.25, 0.3) is 0 Å². The van der Waals surface area contributed by atoms with Gasteiger partial charge in [-0.05, 0) is 57.2 Å². The van der Waals surface area contributed by atoms with Crippen molar-refractivity contribution in [1.82, 2.24) is 14.8 Å². The van der Waals surface area contributed by atoms with E-state index in [4.69, 9.17) is 0 Å². The van der Waals surface area contributed by atoms with E-state index in [0.29, 0.717) is 11.6 Å². The van der Waals surface area contributed by atoms with Gasteiger partial charge >= 0.3 is 6.03 Å². The lowest BCUT2D eigenvalue weighted by Gasteiger charge is -2.22. The topological polar surface area (TPSA) is 71.4 Å². The average molecular weight is 408 g/mol. The molecule has 6 nitrogen and oxygen atoms in total. The van der Waals surface area contributed by atoms with Crippen LogP contribution in [0.3, 0.4) is 0 Å². The number of rotatable bonds is 7. The van der Waals surface area contributed by atoms with Crippen molar-refractivity contribution in [2.24, 2.45) is 0 Å². The Balaban J connectivity index is 1.54. The first-order valence-electron chi connectivity index (χ1n) is 10.7. The van der Waals surface area contributed by atoms with Gasteiger partial charge in [0.25, 0.3) is 5.91 Å². The number of aryl methyl sites for hydroxylation is 2. The highest BCUT2D eigenvalue weighted by Gasteiger charge is 2.49. The van der Waals surface area contributed by atoms with Crippen molar-refractivity contribution in [3.05, 3.63) is 58.4 Å². The first-order valence-corrected chi connectivity index (χ1v) is 10.7. The van der Waals surface area contributed by atoms with Gasteiger partial charge in [0.15, 0.2) is 5.78 Å². The molecule has 2 aliphatic rings. The molecule has 0 spiro atoms. The number of carbonyl (C=O) groups is 3. The van der Waals surface area contributed by atoms with E-state index >= 15 is 0 Å². The molecule has 1 aromatic heterocycles. The molecule has 1 saturated carbocycles. The maximum absolute atomic E-state index is 13.2. The molecule has 2 aromatic rings. The van der Waals surface area contributed by atoms with Crippen LogP contribution in [-0.4, -0.2) is 33.7 Å². The molecule has 1 saturated heterocycles. The van der Waals surface area contributed by atoms with Gasteiger partial charge in [0, 0.05) is 23.0 Å². The zero-order chi connectivity index (χ0) is 21.6. The zero-order valence-electron chi connectivity index (χ0n) is 18.1. The van der Waals surface area contributed by atoms with Crippen LogP contribution in [-0.2, 0) is 16.8 Å². The van der Waals surface area contributed by atoms with Crippen molar-refractivity contribution in [1.29, 1.82) is 0 Å². The molecule has 30 heavy (non-hydrogen) atoms. The van der Waals surface area contributed by atoms with Crippen LogP contribution in [0.5, 0.6) is 0 Å². The molecule has 2 heterocycles. The molecule has 158 valence electrons. The van der Waals surface area contributed by atoms with Gasteiger partial charge in [-0.1, -0.05) is 37.6 Å². The summed E-state index contributed by atoms with van der Waals surface area (Å²) in [6.07, 6.45) is 4.28. The molecule has 2 fully saturated rings. The monoisotopic (exact) mass is 407 g/mol. The second-order valence-corrected chi connectivity index (χ2v) is 8.70. The van der Waals surface area contributed by atoms with E-state index in [1.165, 1.54) is 5.56 Å². The number of carbonyl (C=O) groups excluding carboxylic acids is 3. The quantitative estimate of drug-likeness (QED) is 0.556. The summed E-state index contributed by atoms with van der Waals surface area (Å²) in [5.74, 6) is -0.596. The van der Waals surface area contributed by atoms with Crippen molar-refractivity contribution in [3.8, 4) is 0 Å². The largest absolute Gasteiger partial charge is 0.345 e. The second-order valence-electron chi connectivity index (χ2n) is 8.70. The van der Waals surface area contributed by atoms with E-state index in [1.54, 1.807) is 6.92 Å². The number of nitrogens with one attached hydrogen (secondary N) is 1. The number of imide groups is 1. The van der Waals surface area contributed by atoms with Gasteiger partial charge < -0.3 is 9.88 Å². The number of ketones is 1. The molecular weight excluding hydrogens is 378 g/mol. The third kappa shape index (κ3) is 3.34. The Kier molecular flexibility index (Phi) is 5.04. The van der Waals surface area contributed by atoms with Gasteiger partial charge in [0.05, 0.1) is 6.54 Å². The smallest absolute Gasteiger partial charge is 0.325 e. The highest BCUT2D eigenvalue weighted by atomic mass is 16.2. The minimum absolute atomic E-state index is 0.207. The molecule has 1 aliphatic carbocycles. The summed E-state index contributed by atoms with van der Waals surface area (Å²) < 4.78 is 2.20. The molecule has 1 aromatic carbocycles. The van der Waals surface area contributed by atoms with Gasteiger partial charge in [0.1, 0.15) is 5.54 Å². The normalized spacial score (nSPS) is 21.3. The minimum atomic E-state index is -1.16. The number of aromatic nitrogens is 1. The Morgan fingerprint density at radius 1 is 1.17 bits per heavy atom. The summed E-state index contributed by atoms with van der Waals surface area (Å²) in [6.45, 7) is 7.50. The van der Waals surface area contributed by atoms with Crippen LogP contribution in [0, 0.1) is 13.8 Å². The Morgan fingerprint density at radius 2 is 1.83 bits per heavy atom. The van der Waals surface area contributed by atoms with Gasteiger partial charge in [-0.25, -0.2) is 4.79 Å². The fourth-order valence-corrected chi connectivity index (χ4v) is 4.51. The first-order chi connectivity index (χ1) is 14.3. The molecule has 1 N–H and O–H groups in total. The summed E-state index contributed by atoms with van der Waals surface area (Å²) in [4.78, 5) is 39.8. The van der Waals surface area contributed by atoms with Gasteiger partial charge in [-0.2, -0.15) is 0 Å². The van der Waals surface area contributed by atoms with Crippen molar-refractivity contribution >= 4 is 17.7 Å².